The molecule has 0 unspecified atom stereocenters. The van der Waals surface area contributed by atoms with E-state index < -0.39 is 0 Å². The number of aromatic nitrogens is 3. The van der Waals surface area contributed by atoms with E-state index in [0.717, 1.165) is 38.0 Å². The lowest BCUT2D eigenvalue weighted by atomic mass is 9.99. The van der Waals surface area contributed by atoms with E-state index in [1.165, 1.54) is 17.3 Å². The highest BCUT2D eigenvalue weighted by atomic mass is 32.2. The minimum atomic E-state index is 0.179. The number of nitrogen functional groups attached to an aromatic ring is 1. The van der Waals surface area contributed by atoms with E-state index in [4.69, 9.17) is 5.73 Å². The molecule has 28 heavy (non-hydrogen) atoms. The van der Waals surface area contributed by atoms with Crippen LogP contribution in [0.3, 0.4) is 0 Å². The van der Waals surface area contributed by atoms with E-state index in [-0.39, 0.29) is 11.9 Å². The van der Waals surface area contributed by atoms with Crippen molar-refractivity contribution < 1.29 is 4.79 Å². The third-order valence-electron chi connectivity index (χ3n) is 4.94. The van der Waals surface area contributed by atoms with Crippen LogP contribution < -0.4 is 11.1 Å². The third kappa shape index (κ3) is 5.58. The molecule has 0 spiro atoms. The Kier molecular flexibility index (Phi) is 7.08. The molecular weight excluding hydrogens is 372 g/mol. The van der Waals surface area contributed by atoms with Crippen molar-refractivity contribution in [1.82, 2.24) is 19.9 Å². The molecule has 150 valence electrons. The van der Waals surface area contributed by atoms with Gasteiger partial charge in [-0.05, 0) is 36.8 Å². The fourth-order valence-electron chi connectivity index (χ4n) is 3.21. The van der Waals surface area contributed by atoms with E-state index in [9.17, 15) is 4.79 Å². The monoisotopic (exact) mass is 400 g/mol. The van der Waals surface area contributed by atoms with Crippen molar-refractivity contribution in [2.45, 2.75) is 38.9 Å². The second kappa shape index (κ2) is 9.73. The van der Waals surface area contributed by atoms with Gasteiger partial charge in [-0.25, -0.2) is 0 Å². The Hall–Kier alpha value is -2.35. The van der Waals surface area contributed by atoms with Crippen molar-refractivity contribution >= 4 is 35.3 Å². The third-order valence-corrected chi connectivity index (χ3v) is 5.85. The first-order valence-corrected chi connectivity index (χ1v) is 10.9. The van der Waals surface area contributed by atoms with Gasteiger partial charge in [-0.2, -0.15) is 15.0 Å². The topological polar surface area (TPSA) is 97.0 Å². The number of amides is 1. The smallest absolute Gasteiger partial charge is 0.232 e. The van der Waals surface area contributed by atoms with Crippen LogP contribution in [0.15, 0.2) is 24.3 Å². The van der Waals surface area contributed by atoms with Gasteiger partial charge in [0.25, 0.3) is 0 Å². The van der Waals surface area contributed by atoms with Gasteiger partial charge in [0, 0.05) is 18.8 Å². The van der Waals surface area contributed by atoms with Crippen molar-refractivity contribution in [3.05, 3.63) is 35.7 Å². The first kappa shape index (κ1) is 20.4. The summed E-state index contributed by atoms with van der Waals surface area (Å²) in [7, 11) is 0. The number of piperidine rings is 1. The van der Waals surface area contributed by atoms with Gasteiger partial charge in [0.05, 0.1) is 11.5 Å². The average Bonchev–Trinajstić information content (AvgIpc) is 2.68. The number of nitrogens with zero attached hydrogens (tertiary/aromatic N) is 4. The number of benzene rings is 1. The van der Waals surface area contributed by atoms with Gasteiger partial charge in [-0.3, -0.25) is 4.79 Å². The average molecular weight is 401 g/mol. The summed E-state index contributed by atoms with van der Waals surface area (Å²) in [5.41, 5.74) is 8.00. The predicted octanol–water partition coefficient (Wildman–Crippen LogP) is 3.25. The SMILES string of the molecule is CCc1ccccc1Nc1nc(N)nc(CSCC(=O)N2CCC(C)CC2)n1. The van der Waals surface area contributed by atoms with Crippen LogP contribution in [-0.4, -0.2) is 44.6 Å². The lowest BCUT2D eigenvalue weighted by molar-refractivity contribution is -0.129. The van der Waals surface area contributed by atoms with Gasteiger partial charge >= 0.3 is 0 Å². The fraction of sp³-hybridized carbons (Fsp3) is 0.500. The van der Waals surface area contributed by atoms with Crippen molar-refractivity contribution in [3.8, 4) is 0 Å². The number of hydrogen-bond donors (Lipinski definition) is 2. The highest BCUT2D eigenvalue weighted by Gasteiger charge is 2.20. The Bertz CT molecular complexity index is 807. The normalized spacial score (nSPS) is 14.9. The molecule has 0 atom stereocenters. The predicted molar refractivity (Wildman–Crippen MR) is 114 cm³/mol. The van der Waals surface area contributed by atoms with Gasteiger partial charge < -0.3 is 16.0 Å². The quantitative estimate of drug-likeness (QED) is 0.736. The molecule has 0 saturated carbocycles. The lowest BCUT2D eigenvalue weighted by Gasteiger charge is -2.30. The molecule has 3 rings (SSSR count). The number of thioether (sulfide) groups is 1. The standard InChI is InChI=1S/C20H28N6OS/c1-3-15-6-4-5-7-16(15)22-20-24-17(23-19(21)25-20)12-28-13-18(27)26-10-8-14(2)9-11-26/h4-7,14H,3,8-13H2,1-2H3,(H3,21,22,23,24,25). The van der Waals surface area contributed by atoms with Gasteiger partial charge in [-0.15, -0.1) is 11.8 Å². The van der Waals surface area contributed by atoms with Crippen LogP contribution in [0, 0.1) is 5.92 Å². The second-order valence-corrected chi connectivity index (χ2v) is 8.11. The molecule has 2 aromatic rings. The molecule has 1 aliphatic rings. The number of nitrogens with two attached hydrogens (primary N) is 1. The van der Waals surface area contributed by atoms with E-state index in [0.29, 0.717) is 29.2 Å². The largest absolute Gasteiger partial charge is 0.368 e. The number of anilines is 3. The zero-order valence-corrected chi connectivity index (χ0v) is 17.3. The molecule has 3 N–H and O–H groups in total. The number of rotatable bonds is 7. The fourth-order valence-corrected chi connectivity index (χ4v) is 3.98. The molecule has 1 amide bonds. The molecule has 0 radical (unpaired) electrons. The first-order valence-electron chi connectivity index (χ1n) is 9.76. The van der Waals surface area contributed by atoms with Gasteiger partial charge in [-0.1, -0.05) is 32.0 Å². The van der Waals surface area contributed by atoms with Crippen LogP contribution in [0.1, 0.15) is 38.1 Å². The van der Waals surface area contributed by atoms with Gasteiger partial charge in [0.15, 0.2) is 0 Å². The summed E-state index contributed by atoms with van der Waals surface area (Å²) in [6.07, 6.45) is 3.09. The van der Waals surface area contributed by atoms with Crippen LogP contribution in [0.25, 0.3) is 0 Å². The molecule has 8 heteroatoms. The number of carbonyl (C=O) groups is 1. The Labute approximate surface area is 170 Å². The van der Waals surface area contributed by atoms with Gasteiger partial charge in [0.1, 0.15) is 5.82 Å². The Morgan fingerprint density at radius 2 is 2.00 bits per heavy atom. The van der Waals surface area contributed by atoms with E-state index in [2.05, 4.69) is 40.2 Å². The highest BCUT2D eigenvalue weighted by molar-refractivity contribution is 7.99. The number of hydrogen-bond acceptors (Lipinski definition) is 7. The first-order chi connectivity index (χ1) is 13.5. The minimum absolute atomic E-state index is 0.179. The van der Waals surface area contributed by atoms with Crippen LogP contribution in [-0.2, 0) is 17.0 Å². The van der Waals surface area contributed by atoms with Crippen LogP contribution in [0.4, 0.5) is 17.6 Å². The van der Waals surface area contributed by atoms with Crippen LogP contribution >= 0.6 is 11.8 Å². The Balaban J connectivity index is 1.57. The summed E-state index contributed by atoms with van der Waals surface area (Å²) in [4.78, 5) is 27.2. The maximum atomic E-state index is 12.4. The maximum Gasteiger partial charge on any atom is 0.232 e. The molecule has 0 bridgehead atoms. The molecular formula is C20H28N6OS. The van der Waals surface area contributed by atoms with Crippen molar-refractivity contribution in [2.24, 2.45) is 5.92 Å². The van der Waals surface area contributed by atoms with Crippen LogP contribution in [0.2, 0.25) is 0 Å². The molecule has 7 nitrogen and oxygen atoms in total. The summed E-state index contributed by atoms with van der Waals surface area (Å²) >= 11 is 1.51. The van der Waals surface area contributed by atoms with Crippen molar-refractivity contribution in [3.63, 3.8) is 0 Å². The molecule has 0 aliphatic carbocycles. The zero-order chi connectivity index (χ0) is 19.9. The Morgan fingerprint density at radius 3 is 2.75 bits per heavy atom. The summed E-state index contributed by atoms with van der Waals surface area (Å²) in [5, 5.41) is 3.23. The second-order valence-electron chi connectivity index (χ2n) is 7.13. The molecule has 1 fully saturated rings. The highest BCUT2D eigenvalue weighted by Crippen LogP contribution is 2.21. The van der Waals surface area contributed by atoms with E-state index >= 15 is 0 Å². The molecule has 1 aromatic heterocycles. The summed E-state index contributed by atoms with van der Waals surface area (Å²) in [6.45, 7) is 6.07. The summed E-state index contributed by atoms with van der Waals surface area (Å²) in [5.74, 6) is 3.05. The summed E-state index contributed by atoms with van der Waals surface area (Å²) < 4.78 is 0. The number of likely N-dealkylation sites (tertiary alicyclic amines) is 1. The summed E-state index contributed by atoms with van der Waals surface area (Å²) in [6, 6.07) is 8.03. The van der Waals surface area contributed by atoms with Crippen LogP contribution in [0.5, 0.6) is 0 Å². The minimum Gasteiger partial charge on any atom is -0.368 e. The number of para-hydroxylation sites is 1. The molecule has 1 aromatic carbocycles. The van der Waals surface area contributed by atoms with E-state index in [1.807, 2.05) is 23.1 Å². The number of carbonyl (C=O) groups excluding carboxylic acids is 1. The number of aryl methyl sites for hydroxylation is 1. The van der Waals surface area contributed by atoms with E-state index in [1.54, 1.807) is 0 Å². The van der Waals surface area contributed by atoms with Crippen molar-refractivity contribution in [2.75, 3.05) is 29.9 Å². The zero-order valence-electron chi connectivity index (χ0n) is 16.5. The van der Waals surface area contributed by atoms with Crippen molar-refractivity contribution in [1.29, 1.82) is 0 Å². The maximum absolute atomic E-state index is 12.4. The number of nitrogens with one attached hydrogen (secondary N) is 1. The molecule has 1 saturated heterocycles. The van der Waals surface area contributed by atoms with Gasteiger partial charge in [0.2, 0.25) is 17.8 Å². The molecule has 2 heterocycles. The Morgan fingerprint density at radius 1 is 1.25 bits per heavy atom. The lowest BCUT2D eigenvalue weighted by Crippen LogP contribution is -2.38. The molecule has 1 aliphatic heterocycles.